The van der Waals surface area contributed by atoms with Crippen molar-refractivity contribution >= 4 is 26.6 Å². The molecule has 2 aromatic heterocycles. The van der Waals surface area contributed by atoms with Crippen LogP contribution in [-0.2, 0) is 9.84 Å². The fraction of sp³-hybridized carbons (Fsp3) is 0.571. The van der Waals surface area contributed by atoms with E-state index in [4.69, 9.17) is 0 Å². The van der Waals surface area contributed by atoms with Gasteiger partial charge in [-0.1, -0.05) is 0 Å². The minimum Gasteiger partial charge on any atom is -0.381 e. The van der Waals surface area contributed by atoms with E-state index in [1.807, 2.05) is 16.9 Å². The minimum atomic E-state index is -2.82. The van der Waals surface area contributed by atoms with Gasteiger partial charge in [0.25, 0.3) is 0 Å². The first-order chi connectivity index (χ1) is 9.94. The average Bonchev–Trinajstić information content (AvgIpc) is 2.84. The summed E-state index contributed by atoms with van der Waals surface area (Å²) in [4.78, 5) is 4.48. The first-order valence-corrected chi connectivity index (χ1v) is 9.07. The Kier molecular flexibility index (Phi) is 3.61. The van der Waals surface area contributed by atoms with Gasteiger partial charge in [0, 0.05) is 17.5 Å². The van der Waals surface area contributed by atoms with Crippen molar-refractivity contribution in [1.29, 1.82) is 0 Å². The van der Waals surface area contributed by atoms with Gasteiger partial charge in [-0.15, -0.1) is 0 Å². The Morgan fingerprint density at radius 1 is 1.29 bits per heavy atom. The van der Waals surface area contributed by atoms with E-state index in [1.165, 1.54) is 0 Å². The molecule has 0 atom stereocenters. The standard InChI is InChI=1S/C14H20N4O2S/c1-10(2)18-14-11(8-16-18)7-13(9-15-14)17-12-3-5-21(19,20)6-4-12/h7-10,12,17H,3-6H2,1-2H3. The van der Waals surface area contributed by atoms with Crippen molar-refractivity contribution in [2.24, 2.45) is 0 Å². The number of fused-ring (bicyclic) bond motifs is 1. The van der Waals surface area contributed by atoms with Crippen LogP contribution < -0.4 is 5.32 Å². The SMILES string of the molecule is CC(C)n1ncc2cc(NC3CCS(=O)(=O)CC3)cnc21. The summed E-state index contributed by atoms with van der Waals surface area (Å²) in [7, 11) is -2.82. The van der Waals surface area contributed by atoms with Crippen LogP contribution in [0.5, 0.6) is 0 Å². The Hall–Kier alpha value is -1.63. The van der Waals surface area contributed by atoms with Crippen LogP contribution >= 0.6 is 0 Å². The Labute approximate surface area is 124 Å². The summed E-state index contributed by atoms with van der Waals surface area (Å²) in [6.45, 7) is 4.14. The molecule has 7 heteroatoms. The van der Waals surface area contributed by atoms with Crippen LogP contribution in [-0.4, -0.2) is 40.7 Å². The number of rotatable bonds is 3. The lowest BCUT2D eigenvalue weighted by Crippen LogP contribution is -2.32. The molecule has 0 bridgehead atoms. The summed E-state index contributed by atoms with van der Waals surface area (Å²) in [5, 5.41) is 8.73. The maximum Gasteiger partial charge on any atom is 0.158 e. The number of nitrogens with zero attached hydrogens (tertiary/aromatic N) is 3. The van der Waals surface area contributed by atoms with Crippen molar-refractivity contribution < 1.29 is 8.42 Å². The van der Waals surface area contributed by atoms with E-state index in [-0.39, 0.29) is 23.6 Å². The Bertz CT molecular complexity index is 737. The summed E-state index contributed by atoms with van der Waals surface area (Å²) in [6, 6.07) is 2.50. The summed E-state index contributed by atoms with van der Waals surface area (Å²) in [6.07, 6.45) is 4.93. The van der Waals surface area contributed by atoms with Crippen molar-refractivity contribution in [3.8, 4) is 0 Å². The monoisotopic (exact) mass is 308 g/mol. The molecule has 2 aromatic rings. The lowest BCUT2D eigenvalue weighted by Gasteiger charge is -2.23. The number of pyridine rings is 1. The third-order valence-electron chi connectivity index (χ3n) is 3.85. The second-order valence-electron chi connectivity index (χ2n) is 5.89. The van der Waals surface area contributed by atoms with Gasteiger partial charge in [-0.3, -0.25) is 0 Å². The fourth-order valence-electron chi connectivity index (χ4n) is 2.67. The highest BCUT2D eigenvalue weighted by Gasteiger charge is 2.23. The van der Waals surface area contributed by atoms with E-state index in [9.17, 15) is 8.42 Å². The summed E-state index contributed by atoms with van der Waals surface area (Å²) < 4.78 is 24.8. The van der Waals surface area contributed by atoms with Gasteiger partial charge >= 0.3 is 0 Å². The Balaban J connectivity index is 1.76. The molecule has 3 heterocycles. The molecule has 3 rings (SSSR count). The third kappa shape index (κ3) is 3.02. The first kappa shape index (κ1) is 14.3. The van der Waals surface area contributed by atoms with Crippen molar-refractivity contribution in [1.82, 2.24) is 14.8 Å². The number of sulfone groups is 1. The van der Waals surface area contributed by atoms with Gasteiger partial charge in [0.1, 0.15) is 9.84 Å². The Morgan fingerprint density at radius 3 is 2.67 bits per heavy atom. The highest BCUT2D eigenvalue weighted by molar-refractivity contribution is 7.91. The number of hydrogen-bond donors (Lipinski definition) is 1. The lowest BCUT2D eigenvalue weighted by atomic mass is 10.1. The lowest BCUT2D eigenvalue weighted by molar-refractivity contribution is 0.546. The van der Waals surface area contributed by atoms with Crippen LogP contribution in [0.15, 0.2) is 18.5 Å². The van der Waals surface area contributed by atoms with Gasteiger partial charge in [0.2, 0.25) is 0 Å². The van der Waals surface area contributed by atoms with Crippen LogP contribution in [0.3, 0.4) is 0 Å². The predicted molar refractivity (Wildman–Crippen MR) is 83.2 cm³/mol. The molecule has 1 saturated heterocycles. The maximum absolute atomic E-state index is 11.4. The van der Waals surface area contributed by atoms with E-state index in [0.29, 0.717) is 12.8 Å². The molecule has 1 N–H and O–H groups in total. The van der Waals surface area contributed by atoms with Gasteiger partial charge < -0.3 is 5.32 Å². The number of hydrogen-bond acceptors (Lipinski definition) is 5. The van der Waals surface area contributed by atoms with E-state index >= 15 is 0 Å². The second-order valence-corrected chi connectivity index (χ2v) is 8.19. The molecule has 0 aromatic carbocycles. The zero-order valence-electron chi connectivity index (χ0n) is 12.3. The number of aromatic nitrogens is 3. The highest BCUT2D eigenvalue weighted by atomic mass is 32.2. The zero-order valence-corrected chi connectivity index (χ0v) is 13.1. The van der Waals surface area contributed by atoms with Crippen molar-refractivity contribution in [2.75, 3.05) is 16.8 Å². The molecule has 0 amide bonds. The van der Waals surface area contributed by atoms with Gasteiger partial charge in [0.05, 0.1) is 29.6 Å². The topological polar surface area (TPSA) is 76.9 Å². The van der Waals surface area contributed by atoms with E-state index in [0.717, 1.165) is 16.7 Å². The largest absolute Gasteiger partial charge is 0.381 e. The predicted octanol–water partition coefficient (Wildman–Crippen LogP) is 2.00. The Morgan fingerprint density at radius 2 is 2.00 bits per heavy atom. The molecule has 1 aliphatic rings. The van der Waals surface area contributed by atoms with Crippen molar-refractivity contribution in [3.63, 3.8) is 0 Å². The summed E-state index contributed by atoms with van der Waals surface area (Å²) in [5.41, 5.74) is 1.80. The van der Waals surface area contributed by atoms with Crippen LogP contribution in [0.25, 0.3) is 11.0 Å². The van der Waals surface area contributed by atoms with Gasteiger partial charge in [-0.2, -0.15) is 5.10 Å². The molecule has 1 fully saturated rings. The molecular weight excluding hydrogens is 288 g/mol. The molecule has 1 aliphatic heterocycles. The molecule has 0 saturated carbocycles. The molecule has 21 heavy (non-hydrogen) atoms. The van der Waals surface area contributed by atoms with Crippen LogP contribution in [0, 0.1) is 0 Å². The average molecular weight is 308 g/mol. The third-order valence-corrected chi connectivity index (χ3v) is 5.56. The van der Waals surface area contributed by atoms with Gasteiger partial charge in [-0.05, 0) is 32.8 Å². The number of anilines is 1. The minimum absolute atomic E-state index is 0.202. The van der Waals surface area contributed by atoms with Crippen molar-refractivity contribution in [3.05, 3.63) is 18.5 Å². The molecule has 0 aliphatic carbocycles. The smallest absolute Gasteiger partial charge is 0.158 e. The highest BCUT2D eigenvalue weighted by Crippen LogP contribution is 2.22. The second kappa shape index (κ2) is 5.29. The van der Waals surface area contributed by atoms with Crippen LogP contribution in [0.1, 0.15) is 32.7 Å². The van der Waals surface area contributed by atoms with E-state index in [1.54, 1.807) is 6.20 Å². The maximum atomic E-state index is 11.4. The van der Waals surface area contributed by atoms with Crippen molar-refractivity contribution in [2.45, 2.75) is 38.8 Å². The zero-order chi connectivity index (χ0) is 15.0. The van der Waals surface area contributed by atoms with E-state index < -0.39 is 9.84 Å². The molecular formula is C14H20N4O2S. The normalized spacial score (nSPS) is 19.2. The molecule has 114 valence electrons. The summed E-state index contributed by atoms with van der Waals surface area (Å²) >= 11 is 0. The quantitative estimate of drug-likeness (QED) is 0.938. The molecule has 0 unspecified atom stereocenters. The number of nitrogens with one attached hydrogen (secondary N) is 1. The molecule has 0 radical (unpaired) electrons. The van der Waals surface area contributed by atoms with Gasteiger partial charge in [0.15, 0.2) is 5.65 Å². The van der Waals surface area contributed by atoms with E-state index in [2.05, 4.69) is 29.2 Å². The fourth-order valence-corrected chi connectivity index (χ4v) is 4.16. The van der Waals surface area contributed by atoms with Gasteiger partial charge in [-0.25, -0.2) is 18.1 Å². The van der Waals surface area contributed by atoms with Crippen LogP contribution in [0.2, 0.25) is 0 Å². The van der Waals surface area contributed by atoms with Crippen LogP contribution in [0.4, 0.5) is 5.69 Å². The first-order valence-electron chi connectivity index (χ1n) is 7.25. The molecule has 6 nitrogen and oxygen atoms in total. The summed E-state index contributed by atoms with van der Waals surface area (Å²) in [5.74, 6) is 0.539. The molecule has 0 spiro atoms.